The topological polar surface area (TPSA) is 77.2 Å². The maximum Gasteiger partial charge on any atom is 0.353 e. The number of thiophene rings is 1. The molecule has 0 fully saturated rings. The van der Waals surface area contributed by atoms with Crippen molar-refractivity contribution < 1.29 is 9.84 Å². The minimum Gasteiger partial charge on any atom is -0.514 e. The second-order valence-electron chi connectivity index (χ2n) is 6.09. The summed E-state index contributed by atoms with van der Waals surface area (Å²) in [6.07, 6.45) is 2.62. The molecule has 5 aromatic rings. The summed E-state index contributed by atoms with van der Waals surface area (Å²) in [5.41, 5.74) is 1.42. The fourth-order valence-corrected chi connectivity index (χ4v) is 4.10. The van der Waals surface area contributed by atoms with Crippen LogP contribution in [0.1, 0.15) is 0 Å². The third-order valence-corrected chi connectivity index (χ3v) is 5.42. The second kappa shape index (κ2) is 6.47. The average molecular weight is 387 g/mol. The molecule has 2 aromatic carbocycles. The van der Waals surface area contributed by atoms with Crippen molar-refractivity contribution in [2.24, 2.45) is 0 Å². The van der Waals surface area contributed by atoms with Gasteiger partial charge in [0.2, 0.25) is 0 Å². The number of para-hydroxylation sites is 1. The third kappa shape index (κ3) is 2.60. The number of pyridine rings is 1. The van der Waals surface area contributed by atoms with E-state index in [2.05, 4.69) is 9.97 Å². The first-order chi connectivity index (χ1) is 13.7. The molecular formula is C21H13N3O3S. The number of ether oxygens (including phenoxy) is 1. The Bertz CT molecular complexity index is 1410. The quantitative estimate of drug-likeness (QED) is 0.509. The molecule has 0 saturated carbocycles. The van der Waals surface area contributed by atoms with Gasteiger partial charge in [-0.15, -0.1) is 11.3 Å². The number of benzene rings is 2. The number of aliphatic hydroxyl groups is 1. The number of aliphatic hydroxyl groups excluding tert-OH is 1. The minimum absolute atomic E-state index is 0.418. The summed E-state index contributed by atoms with van der Waals surface area (Å²) in [5.74, 6) is 1.41. The molecule has 0 saturated heterocycles. The lowest BCUT2D eigenvalue weighted by Gasteiger charge is -2.11. The first-order valence-corrected chi connectivity index (χ1v) is 9.34. The molecule has 0 unspecified atom stereocenters. The Labute approximate surface area is 162 Å². The van der Waals surface area contributed by atoms with Crippen LogP contribution in [0.5, 0.6) is 11.5 Å². The van der Waals surface area contributed by atoms with Gasteiger partial charge in [0.15, 0.2) is 0 Å². The zero-order chi connectivity index (χ0) is 19.1. The van der Waals surface area contributed by atoms with Gasteiger partial charge >= 0.3 is 5.69 Å². The molecule has 0 radical (unpaired) electrons. The predicted molar refractivity (Wildman–Crippen MR) is 109 cm³/mol. The zero-order valence-electron chi connectivity index (χ0n) is 14.4. The van der Waals surface area contributed by atoms with Gasteiger partial charge in [0.25, 0.3) is 0 Å². The third-order valence-electron chi connectivity index (χ3n) is 4.40. The molecule has 0 amide bonds. The molecule has 6 nitrogen and oxygen atoms in total. The SMILES string of the molecule is O=c1nc2c(=CO)sc3nccc(c32)n1-c1ccc(Oc2ccccc2)cc1. The molecule has 1 N–H and O–H groups in total. The highest BCUT2D eigenvalue weighted by Gasteiger charge is 2.15. The maximum absolute atomic E-state index is 12.8. The molecule has 3 heterocycles. The Morgan fingerprint density at radius 2 is 1.75 bits per heavy atom. The van der Waals surface area contributed by atoms with Crippen LogP contribution in [0.3, 0.4) is 0 Å². The minimum atomic E-state index is -0.418. The molecule has 136 valence electrons. The summed E-state index contributed by atoms with van der Waals surface area (Å²) in [6, 6.07) is 18.5. The number of hydrogen-bond acceptors (Lipinski definition) is 6. The van der Waals surface area contributed by atoms with Crippen LogP contribution in [0.25, 0.3) is 33.2 Å². The lowest BCUT2D eigenvalue weighted by Crippen LogP contribution is -2.22. The van der Waals surface area contributed by atoms with Crippen LogP contribution < -0.4 is 15.0 Å². The van der Waals surface area contributed by atoms with Crippen molar-refractivity contribution in [3.05, 3.63) is 81.9 Å². The van der Waals surface area contributed by atoms with Gasteiger partial charge in [-0.05, 0) is 42.5 Å². The van der Waals surface area contributed by atoms with Crippen LogP contribution in [-0.2, 0) is 0 Å². The molecule has 3 aromatic heterocycles. The molecular weight excluding hydrogens is 374 g/mol. The van der Waals surface area contributed by atoms with E-state index in [1.54, 1.807) is 12.3 Å². The Morgan fingerprint density at radius 1 is 1.00 bits per heavy atom. The lowest BCUT2D eigenvalue weighted by molar-refractivity contribution is 0.482. The van der Waals surface area contributed by atoms with E-state index in [0.717, 1.165) is 22.2 Å². The standard InChI is InChI=1S/C21H13N3O3S/c25-12-17-19-18-16(10-11-22-20(18)28-17)24(21(26)23-19)13-6-8-15(9-7-13)27-14-4-2-1-3-5-14/h1-12,25H. The Balaban J connectivity index is 1.65. The van der Waals surface area contributed by atoms with Gasteiger partial charge in [0, 0.05) is 6.20 Å². The molecule has 0 spiro atoms. The van der Waals surface area contributed by atoms with Crippen molar-refractivity contribution in [3.8, 4) is 17.2 Å². The van der Waals surface area contributed by atoms with Crippen LogP contribution in [-0.4, -0.2) is 19.6 Å². The number of aromatic nitrogens is 3. The monoisotopic (exact) mass is 387 g/mol. The van der Waals surface area contributed by atoms with Crippen LogP contribution in [0.15, 0.2) is 71.7 Å². The van der Waals surface area contributed by atoms with E-state index in [9.17, 15) is 9.90 Å². The van der Waals surface area contributed by atoms with E-state index in [4.69, 9.17) is 4.74 Å². The maximum atomic E-state index is 12.8. The smallest absolute Gasteiger partial charge is 0.353 e. The molecule has 5 rings (SSSR count). The van der Waals surface area contributed by atoms with Gasteiger partial charge in [-0.25, -0.2) is 9.78 Å². The Hall–Kier alpha value is -3.71. The fourth-order valence-electron chi connectivity index (χ4n) is 3.18. The van der Waals surface area contributed by atoms with Gasteiger partial charge in [0.05, 0.1) is 27.4 Å². The predicted octanol–water partition coefficient (Wildman–Crippen LogP) is 3.80. The average Bonchev–Trinajstić information content (AvgIpc) is 3.09. The summed E-state index contributed by atoms with van der Waals surface area (Å²) in [7, 11) is 0. The summed E-state index contributed by atoms with van der Waals surface area (Å²) < 4.78 is 7.87. The van der Waals surface area contributed by atoms with Crippen molar-refractivity contribution in [1.29, 1.82) is 0 Å². The van der Waals surface area contributed by atoms with Crippen molar-refractivity contribution in [2.45, 2.75) is 0 Å². The van der Waals surface area contributed by atoms with E-state index in [0.29, 0.717) is 27.0 Å². The van der Waals surface area contributed by atoms with E-state index >= 15 is 0 Å². The van der Waals surface area contributed by atoms with Crippen molar-refractivity contribution in [1.82, 2.24) is 14.5 Å². The molecule has 0 atom stereocenters. The summed E-state index contributed by atoms with van der Waals surface area (Å²) in [4.78, 5) is 22.0. The molecule has 0 aliphatic heterocycles. The van der Waals surface area contributed by atoms with Crippen LogP contribution in [0, 0.1) is 0 Å². The molecule has 7 heteroatoms. The number of rotatable bonds is 3. The van der Waals surface area contributed by atoms with E-state index < -0.39 is 5.69 Å². The van der Waals surface area contributed by atoms with Gasteiger partial charge in [-0.2, -0.15) is 4.98 Å². The van der Waals surface area contributed by atoms with E-state index in [1.165, 1.54) is 15.9 Å². The highest BCUT2D eigenvalue weighted by molar-refractivity contribution is 7.17. The van der Waals surface area contributed by atoms with Gasteiger partial charge in [-0.1, -0.05) is 18.2 Å². The van der Waals surface area contributed by atoms with Crippen LogP contribution in [0.2, 0.25) is 0 Å². The van der Waals surface area contributed by atoms with Gasteiger partial charge < -0.3 is 9.84 Å². The van der Waals surface area contributed by atoms with Gasteiger partial charge in [0.1, 0.15) is 21.8 Å². The van der Waals surface area contributed by atoms with E-state index in [-0.39, 0.29) is 0 Å². The number of hydrogen-bond donors (Lipinski definition) is 1. The zero-order valence-corrected chi connectivity index (χ0v) is 15.3. The van der Waals surface area contributed by atoms with Crippen LogP contribution in [0.4, 0.5) is 0 Å². The first kappa shape index (κ1) is 16.5. The van der Waals surface area contributed by atoms with Crippen LogP contribution >= 0.6 is 11.3 Å². The summed E-state index contributed by atoms with van der Waals surface area (Å²) in [6.45, 7) is 0. The summed E-state index contributed by atoms with van der Waals surface area (Å²) >= 11 is 1.30. The Morgan fingerprint density at radius 3 is 2.50 bits per heavy atom. The normalized spacial score (nSPS) is 12.1. The van der Waals surface area contributed by atoms with Crippen molar-refractivity contribution in [3.63, 3.8) is 0 Å². The van der Waals surface area contributed by atoms with Gasteiger partial charge in [-0.3, -0.25) is 4.57 Å². The number of nitrogens with zero attached hydrogens (tertiary/aromatic N) is 3. The molecule has 0 aliphatic carbocycles. The Kier molecular flexibility index (Phi) is 3.80. The lowest BCUT2D eigenvalue weighted by atomic mass is 10.2. The fraction of sp³-hybridized carbons (Fsp3) is 0. The summed E-state index contributed by atoms with van der Waals surface area (Å²) in [5, 5.41) is 10.2. The van der Waals surface area contributed by atoms with E-state index in [1.807, 2.05) is 54.6 Å². The highest BCUT2D eigenvalue weighted by Crippen LogP contribution is 2.27. The molecule has 28 heavy (non-hydrogen) atoms. The highest BCUT2D eigenvalue weighted by atomic mass is 32.1. The first-order valence-electron chi connectivity index (χ1n) is 8.52. The molecule has 0 aliphatic rings. The second-order valence-corrected chi connectivity index (χ2v) is 7.12. The largest absolute Gasteiger partial charge is 0.514 e. The molecule has 0 bridgehead atoms. The van der Waals surface area contributed by atoms with Crippen molar-refractivity contribution >= 4 is 38.8 Å². The van der Waals surface area contributed by atoms with Crippen molar-refractivity contribution in [2.75, 3.05) is 0 Å².